The first-order chi connectivity index (χ1) is 7.38. The molecule has 0 spiro atoms. The topological polar surface area (TPSA) is 41.3 Å². The first-order valence-electron chi connectivity index (χ1n) is 5.64. The van der Waals surface area contributed by atoms with Crippen LogP contribution >= 0.6 is 0 Å². The number of hydrogen-bond donors (Lipinski definition) is 1. The van der Waals surface area contributed by atoms with E-state index < -0.39 is 0 Å². The largest absolute Gasteiger partial charge is 0.364 e. The van der Waals surface area contributed by atoms with E-state index in [1.807, 2.05) is 13.1 Å². The van der Waals surface area contributed by atoms with Crippen molar-refractivity contribution in [2.75, 3.05) is 26.7 Å². The fraction of sp³-hybridized carbons (Fsp3) is 0.727. The van der Waals surface area contributed by atoms with Crippen molar-refractivity contribution in [2.45, 2.75) is 19.4 Å². The van der Waals surface area contributed by atoms with Gasteiger partial charge in [0.15, 0.2) is 0 Å². The van der Waals surface area contributed by atoms with E-state index in [1.165, 1.54) is 25.9 Å². The molecule has 0 saturated carbocycles. The molecule has 0 amide bonds. The minimum Gasteiger partial charge on any atom is -0.364 e. The van der Waals surface area contributed by atoms with Crippen molar-refractivity contribution in [3.05, 3.63) is 18.0 Å². The molecular weight excluding hydrogens is 190 g/mol. The van der Waals surface area contributed by atoms with Gasteiger partial charge in [-0.1, -0.05) is 5.16 Å². The van der Waals surface area contributed by atoms with Gasteiger partial charge < -0.3 is 9.84 Å². The number of aromatic nitrogens is 1. The molecule has 84 valence electrons. The predicted molar refractivity (Wildman–Crippen MR) is 58.4 cm³/mol. The van der Waals surface area contributed by atoms with E-state index in [0.717, 1.165) is 24.7 Å². The zero-order valence-electron chi connectivity index (χ0n) is 9.28. The van der Waals surface area contributed by atoms with Crippen LogP contribution in [0.5, 0.6) is 0 Å². The minimum atomic E-state index is 0.788. The molecule has 1 aliphatic rings. The summed E-state index contributed by atoms with van der Waals surface area (Å²) in [6.45, 7) is 4.41. The molecule has 1 unspecified atom stereocenters. The van der Waals surface area contributed by atoms with Gasteiger partial charge in [0.25, 0.3) is 0 Å². The zero-order chi connectivity index (χ0) is 10.5. The average molecular weight is 209 g/mol. The monoisotopic (exact) mass is 209 g/mol. The van der Waals surface area contributed by atoms with Crippen molar-refractivity contribution in [3.63, 3.8) is 0 Å². The van der Waals surface area contributed by atoms with Crippen molar-refractivity contribution in [1.82, 2.24) is 15.4 Å². The van der Waals surface area contributed by atoms with Crippen LogP contribution in [0, 0.1) is 5.92 Å². The number of nitrogens with zero attached hydrogens (tertiary/aromatic N) is 2. The van der Waals surface area contributed by atoms with Crippen LogP contribution in [0.15, 0.2) is 16.9 Å². The highest BCUT2D eigenvalue weighted by atomic mass is 16.5. The summed E-state index contributed by atoms with van der Waals surface area (Å²) in [4.78, 5) is 2.46. The van der Waals surface area contributed by atoms with Gasteiger partial charge in [0.2, 0.25) is 0 Å². The van der Waals surface area contributed by atoms with Gasteiger partial charge in [0, 0.05) is 19.2 Å². The maximum Gasteiger partial charge on any atom is 0.124 e. The third-order valence-electron chi connectivity index (χ3n) is 2.97. The lowest BCUT2D eigenvalue weighted by atomic mass is 9.98. The molecule has 1 N–H and O–H groups in total. The molecule has 4 nitrogen and oxygen atoms in total. The van der Waals surface area contributed by atoms with Gasteiger partial charge in [-0.05, 0) is 38.9 Å². The molecule has 0 aromatic carbocycles. The van der Waals surface area contributed by atoms with Gasteiger partial charge in [0.1, 0.15) is 6.26 Å². The van der Waals surface area contributed by atoms with Gasteiger partial charge >= 0.3 is 0 Å². The van der Waals surface area contributed by atoms with Crippen LogP contribution in [0.3, 0.4) is 0 Å². The summed E-state index contributed by atoms with van der Waals surface area (Å²) < 4.78 is 4.84. The Hall–Kier alpha value is -0.870. The van der Waals surface area contributed by atoms with Crippen LogP contribution in [0.1, 0.15) is 18.5 Å². The standard InChI is InChI=1S/C11H19N3O/c1-12-7-10-3-2-5-14(8-10)9-11-4-6-15-13-11/h4,6,10,12H,2-3,5,7-9H2,1H3. The second-order valence-electron chi connectivity index (χ2n) is 4.29. The summed E-state index contributed by atoms with van der Waals surface area (Å²) in [7, 11) is 2.02. The maximum atomic E-state index is 4.84. The minimum absolute atomic E-state index is 0.788. The molecule has 15 heavy (non-hydrogen) atoms. The number of rotatable bonds is 4. The zero-order valence-corrected chi connectivity index (χ0v) is 9.28. The molecule has 1 saturated heterocycles. The molecule has 0 aliphatic carbocycles. The summed E-state index contributed by atoms with van der Waals surface area (Å²) >= 11 is 0. The van der Waals surface area contributed by atoms with Crippen LogP contribution in [0.2, 0.25) is 0 Å². The van der Waals surface area contributed by atoms with Crippen LogP contribution in [0.25, 0.3) is 0 Å². The Kier molecular flexibility index (Phi) is 3.75. The van der Waals surface area contributed by atoms with E-state index in [-0.39, 0.29) is 0 Å². The summed E-state index contributed by atoms with van der Waals surface area (Å²) in [6, 6.07) is 1.95. The Morgan fingerprint density at radius 3 is 3.33 bits per heavy atom. The normalized spacial score (nSPS) is 23.1. The predicted octanol–water partition coefficient (Wildman–Crippen LogP) is 1.11. The van der Waals surface area contributed by atoms with Crippen LogP contribution < -0.4 is 5.32 Å². The van der Waals surface area contributed by atoms with E-state index >= 15 is 0 Å². The molecule has 1 aromatic heterocycles. The summed E-state index contributed by atoms with van der Waals surface area (Å²) in [5, 5.41) is 7.21. The molecule has 1 aliphatic heterocycles. The lowest BCUT2D eigenvalue weighted by Crippen LogP contribution is -2.38. The fourth-order valence-electron chi connectivity index (χ4n) is 2.30. The van der Waals surface area contributed by atoms with Crippen molar-refractivity contribution in [1.29, 1.82) is 0 Å². The first-order valence-corrected chi connectivity index (χ1v) is 5.64. The van der Waals surface area contributed by atoms with Gasteiger partial charge in [0.05, 0.1) is 5.69 Å². The molecule has 0 bridgehead atoms. The van der Waals surface area contributed by atoms with E-state index in [1.54, 1.807) is 6.26 Å². The highest BCUT2D eigenvalue weighted by Crippen LogP contribution is 2.17. The highest BCUT2D eigenvalue weighted by molar-refractivity contribution is 4.95. The Bertz CT molecular complexity index is 271. The summed E-state index contributed by atoms with van der Waals surface area (Å²) in [6.07, 6.45) is 4.28. The fourth-order valence-corrected chi connectivity index (χ4v) is 2.30. The third-order valence-corrected chi connectivity index (χ3v) is 2.97. The molecule has 2 heterocycles. The Labute approximate surface area is 90.6 Å². The molecule has 0 radical (unpaired) electrons. The molecule has 1 atom stereocenters. The number of likely N-dealkylation sites (tertiary alicyclic amines) is 1. The van der Waals surface area contributed by atoms with Crippen LogP contribution in [-0.2, 0) is 6.54 Å². The van der Waals surface area contributed by atoms with Crippen molar-refractivity contribution < 1.29 is 4.52 Å². The Morgan fingerprint density at radius 1 is 1.67 bits per heavy atom. The van der Waals surface area contributed by atoms with Gasteiger partial charge in [-0.15, -0.1) is 0 Å². The SMILES string of the molecule is CNCC1CCCN(Cc2ccon2)C1. The smallest absolute Gasteiger partial charge is 0.124 e. The van der Waals surface area contributed by atoms with E-state index in [4.69, 9.17) is 4.52 Å². The van der Waals surface area contributed by atoms with Crippen molar-refractivity contribution in [3.8, 4) is 0 Å². The number of nitrogens with one attached hydrogen (secondary N) is 1. The van der Waals surface area contributed by atoms with Gasteiger partial charge in [-0.3, -0.25) is 4.90 Å². The van der Waals surface area contributed by atoms with Crippen molar-refractivity contribution >= 4 is 0 Å². The molecule has 4 heteroatoms. The molecule has 2 rings (SSSR count). The van der Waals surface area contributed by atoms with E-state index in [2.05, 4.69) is 15.4 Å². The summed E-state index contributed by atoms with van der Waals surface area (Å²) in [5.74, 6) is 0.788. The Morgan fingerprint density at radius 2 is 2.60 bits per heavy atom. The number of piperidine rings is 1. The third kappa shape index (κ3) is 3.04. The summed E-state index contributed by atoms with van der Waals surface area (Å²) in [5.41, 5.74) is 1.04. The van der Waals surface area contributed by atoms with E-state index in [9.17, 15) is 0 Å². The second-order valence-corrected chi connectivity index (χ2v) is 4.29. The van der Waals surface area contributed by atoms with Crippen LogP contribution in [-0.4, -0.2) is 36.7 Å². The lowest BCUT2D eigenvalue weighted by Gasteiger charge is -2.31. The average Bonchev–Trinajstić information content (AvgIpc) is 2.71. The van der Waals surface area contributed by atoms with Crippen molar-refractivity contribution in [2.24, 2.45) is 5.92 Å². The molecule has 1 fully saturated rings. The lowest BCUT2D eigenvalue weighted by molar-refractivity contribution is 0.163. The molecular formula is C11H19N3O. The quantitative estimate of drug-likeness (QED) is 0.806. The highest BCUT2D eigenvalue weighted by Gasteiger charge is 2.19. The van der Waals surface area contributed by atoms with Gasteiger partial charge in [-0.2, -0.15) is 0 Å². The Balaban J connectivity index is 1.82. The maximum absolute atomic E-state index is 4.84. The number of hydrogen-bond acceptors (Lipinski definition) is 4. The second kappa shape index (κ2) is 5.28. The van der Waals surface area contributed by atoms with Gasteiger partial charge in [-0.25, -0.2) is 0 Å². The van der Waals surface area contributed by atoms with E-state index in [0.29, 0.717) is 0 Å². The van der Waals surface area contributed by atoms with Crippen LogP contribution in [0.4, 0.5) is 0 Å². The first kappa shape index (κ1) is 10.6. The molecule has 1 aromatic rings.